The zero-order valence-electron chi connectivity index (χ0n) is 13.3. The van der Waals surface area contributed by atoms with Gasteiger partial charge in [0, 0.05) is 24.5 Å². The zero-order chi connectivity index (χ0) is 16.2. The number of hydrogen-bond donors (Lipinski definition) is 2. The van der Waals surface area contributed by atoms with Crippen molar-refractivity contribution >= 4 is 28.2 Å². The molecule has 0 fully saturated rings. The first-order valence-electron chi connectivity index (χ1n) is 7.82. The van der Waals surface area contributed by atoms with Crippen LogP contribution in [-0.4, -0.2) is 23.1 Å². The van der Waals surface area contributed by atoms with Crippen LogP contribution in [0.4, 0.5) is 17.3 Å². The van der Waals surface area contributed by atoms with Crippen LogP contribution in [0.3, 0.4) is 0 Å². The summed E-state index contributed by atoms with van der Waals surface area (Å²) in [7, 11) is 0. The highest BCUT2D eigenvalue weighted by molar-refractivity contribution is 5.78. The second kappa shape index (κ2) is 6.52. The van der Waals surface area contributed by atoms with Gasteiger partial charge in [0.2, 0.25) is 5.95 Å². The number of para-hydroxylation sites is 1. The van der Waals surface area contributed by atoms with Crippen LogP contribution < -0.4 is 15.8 Å². The third kappa shape index (κ3) is 3.18. The minimum Gasteiger partial charge on any atom is -0.372 e. The average molecular weight is 308 g/mol. The lowest BCUT2D eigenvalue weighted by Crippen LogP contribution is -2.21. The Kier molecular flexibility index (Phi) is 4.28. The summed E-state index contributed by atoms with van der Waals surface area (Å²) in [4.78, 5) is 21.6. The number of benzene rings is 2. The van der Waals surface area contributed by atoms with Gasteiger partial charge in [-0.05, 0) is 50.2 Å². The van der Waals surface area contributed by atoms with E-state index in [0.29, 0.717) is 16.9 Å². The van der Waals surface area contributed by atoms with Gasteiger partial charge in [0.25, 0.3) is 5.56 Å². The van der Waals surface area contributed by atoms with Gasteiger partial charge >= 0.3 is 0 Å². The fraction of sp³-hybridized carbons (Fsp3) is 0.222. The van der Waals surface area contributed by atoms with E-state index in [-0.39, 0.29) is 5.56 Å². The van der Waals surface area contributed by atoms with Crippen molar-refractivity contribution in [3.8, 4) is 0 Å². The number of aromatic amines is 1. The Morgan fingerprint density at radius 1 is 1.04 bits per heavy atom. The van der Waals surface area contributed by atoms with Crippen molar-refractivity contribution in [2.24, 2.45) is 0 Å². The second-order valence-electron chi connectivity index (χ2n) is 5.28. The fourth-order valence-electron chi connectivity index (χ4n) is 2.63. The number of aromatic nitrogens is 2. The van der Waals surface area contributed by atoms with Gasteiger partial charge in [-0.2, -0.15) is 0 Å². The standard InChI is InChI=1S/C18H20N4O/c1-3-22(4-2)14-11-9-13(10-12-14)19-18-20-16-8-6-5-7-15(16)17(23)21-18/h5-12H,3-4H2,1-2H3,(H2,19,20,21,23). The quantitative estimate of drug-likeness (QED) is 0.757. The molecule has 0 unspecified atom stereocenters. The van der Waals surface area contributed by atoms with Crippen LogP contribution in [0, 0.1) is 0 Å². The van der Waals surface area contributed by atoms with E-state index in [1.807, 2.05) is 30.3 Å². The summed E-state index contributed by atoms with van der Waals surface area (Å²) >= 11 is 0. The molecule has 1 heterocycles. The molecule has 1 aromatic heterocycles. The highest BCUT2D eigenvalue weighted by Gasteiger charge is 2.05. The summed E-state index contributed by atoms with van der Waals surface area (Å²) in [5.41, 5.74) is 2.61. The molecule has 5 nitrogen and oxygen atoms in total. The number of rotatable bonds is 5. The van der Waals surface area contributed by atoms with E-state index in [1.54, 1.807) is 6.07 Å². The predicted octanol–water partition coefficient (Wildman–Crippen LogP) is 3.51. The van der Waals surface area contributed by atoms with Crippen molar-refractivity contribution in [2.45, 2.75) is 13.8 Å². The molecular formula is C18H20N4O. The molecule has 0 saturated heterocycles. The van der Waals surface area contributed by atoms with E-state index in [9.17, 15) is 4.79 Å². The molecule has 3 rings (SSSR count). The number of hydrogen-bond acceptors (Lipinski definition) is 4. The third-order valence-corrected chi connectivity index (χ3v) is 3.87. The van der Waals surface area contributed by atoms with E-state index in [0.717, 1.165) is 18.8 Å². The Morgan fingerprint density at radius 3 is 2.43 bits per heavy atom. The molecule has 118 valence electrons. The number of nitrogens with zero attached hydrogens (tertiary/aromatic N) is 2. The maximum Gasteiger partial charge on any atom is 0.260 e. The Morgan fingerprint density at radius 2 is 1.74 bits per heavy atom. The molecule has 0 spiro atoms. The molecule has 0 saturated carbocycles. The maximum absolute atomic E-state index is 12.1. The molecule has 0 aliphatic carbocycles. The Labute approximate surface area is 135 Å². The zero-order valence-corrected chi connectivity index (χ0v) is 13.3. The molecule has 0 amide bonds. The molecule has 23 heavy (non-hydrogen) atoms. The normalized spacial score (nSPS) is 10.7. The van der Waals surface area contributed by atoms with E-state index >= 15 is 0 Å². The van der Waals surface area contributed by atoms with Gasteiger partial charge in [0.15, 0.2) is 0 Å². The molecule has 0 aliphatic rings. The number of anilines is 3. The first kappa shape index (κ1) is 15.1. The highest BCUT2D eigenvalue weighted by Crippen LogP contribution is 2.20. The molecule has 0 radical (unpaired) electrons. The Balaban J connectivity index is 1.86. The maximum atomic E-state index is 12.1. The van der Waals surface area contributed by atoms with Gasteiger partial charge in [-0.1, -0.05) is 12.1 Å². The van der Waals surface area contributed by atoms with Gasteiger partial charge in [0.1, 0.15) is 0 Å². The van der Waals surface area contributed by atoms with Crippen molar-refractivity contribution in [2.75, 3.05) is 23.3 Å². The molecule has 0 aliphatic heterocycles. The van der Waals surface area contributed by atoms with Crippen LogP contribution in [0.1, 0.15) is 13.8 Å². The van der Waals surface area contributed by atoms with Crippen LogP contribution in [0.5, 0.6) is 0 Å². The Hall–Kier alpha value is -2.82. The van der Waals surface area contributed by atoms with Crippen molar-refractivity contribution in [1.82, 2.24) is 9.97 Å². The number of fused-ring (bicyclic) bond motifs is 1. The van der Waals surface area contributed by atoms with Crippen LogP contribution in [0.15, 0.2) is 53.3 Å². The summed E-state index contributed by atoms with van der Waals surface area (Å²) in [6.07, 6.45) is 0. The highest BCUT2D eigenvalue weighted by atomic mass is 16.1. The monoisotopic (exact) mass is 308 g/mol. The van der Waals surface area contributed by atoms with Crippen LogP contribution in [-0.2, 0) is 0 Å². The van der Waals surface area contributed by atoms with Gasteiger partial charge < -0.3 is 10.2 Å². The van der Waals surface area contributed by atoms with Crippen molar-refractivity contribution in [1.29, 1.82) is 0 Å². The smallest absolute Gasteiger partial charge is 0.260 e. The van der Waals surface area contributed by atoms with E-state index < -0.39 is 0 Å². The minimum atomic E-state index is -0.141. The van der Waals surface area contributed by atoms with E-state index in [2.05, 4.69) is 46.2 Å². The molecule has 5 heteroatoms. The lowest BCUT2D eigenvalue weighted by molar-refractivity contribution is 0.866. The SMILES string of the molecule is CCN(CC)c1ccc(Nc2nc3ccccc3c(=O)[nH]2)cc1. The van der Waals surface area contributed by atoms with Crippen LogP contribution >= 0.6 is 0 Å². The van der Waals surface area contributed by atoms with Crippen molar-refractivity contribution in [3.63, 3.8) is 0 Å². The largest absolute Gasteiger partial charge is 0.372 e. The summed E-state index contributed by atoms with van der Waals surface area (Å²) in [6.45, 7) is 6.23. The van der Waals surface area contributed by atoms with Crippen molar-refractivity contribution < 1.29 is 0 Å². The summed E-state index contributed by atoms with van der Waals surface area (Å²) in [5, 5.41) is 3.75. The third-order valence-electron chi connectivity index (χ3n) is 3.87. The van der Waals surface area contributed by atoms with Crippen LogP contribution in [0.2, 0.25) is 0 Å². The number of nitrogens with one attached hydrogen (secondary N) is 2. The summed E-state index contributed by atoms with van der Waals surface area (Å²) in [6, 6.07) is 15.4. The van der Waals surface area contributed by atoms with E-state index in [4.69, 9.17) is 0 Å². The fourth-order valence-corrected chi connectivity index (χ4v) is 2.63. The van der Waals surface area contributed by atoms with Crippen molar-refractivity contribution in [3.05, 3.63) is 58.9 Å². The number of H-pyrrole nitrogens is 1. The first-order chi connectivity index (χ1) is 11.2. The summed E-state index contributed by atoms with van der Waals surface area (Å²) < 4.78 is 0. The molecule has 2 N–H and O–H groups in total. The first-order valence-corrected chi connectivity index (χ1v) is 7.82. The molecular weight excluding hydrogens is 288 g/mol. The molecule has 2 aromatic carbocycles. The van der Waals surface area contributed by atoms with E-state index in [1.165, 1.54) is 5.69 Å². The average Bonchev–Trinajstić information content (AvgIpc) is 2.57. The molecule has 3 aromatic rings. The van der Waals surface area contributed by atoms with Gasteiger partial charge in [-0.3, -0.25) is 9.78 Å². The second-order valence-corrected chi connectivity index (χ2v) is 5.28. The topological polar surface area (TPSA) is 61.0 Å². The van der Waals surface area contributed by atoms with Gasteiger partial charge in [0.05, 0.1) is 10.9 Å². The lowest BCUT2D eigenvalue weighted by Gasteiger charge is -2.21. The molecule has 0 atom stereocenters. The van der Waals surface area contributed by atoms with Gasteiger partial charge in [-0.15, -0.1) is 0 Å². The van der Waals surface area contributed by atoms with Crippen LogP contribution in [0.25, 0.3) is 10.9 Å². The lowest BCUT2D eigenvalue weighted by atomic mass is 10.2. The molecule has 0 bridgehead atoms. The van der Waals surface area contributed by atoms with Gasteiger partial charge in [-0.25, -0.2) is 4.98 Å². The summed E-state index contributed by atoms with van der Waals surface area (Å²) in [5.74, 6) is 0.448. The Bertz CT molecular complexity index is 851. The predicted molar refractivity (Wildman–Crippen MR) is 95.6 cm³/mol. The minimum absolute atomic E-state index is 0.141.